The molecule has 6 aromatic rings. The number of thioether (sulfide) groups is 2. The summed E-state index contributed by atoms with van der Waals surface area (Å²) in [5, 5.41) is -23.2. The van der Waals surface area contributed by atoms with Gasteiger partial charge in [0.15, 0.2) is 23.1 Å². The normalized spacial score (nSPS) is 12.8. The number of ether oxygens (including phenoxy) is 4. The van der Waals surface area contributed by atoms with Crippen molar-refractivity contribution >= 4 is 43.8 Å². The predicted molar refractivity (Wildman–Crippen MR) is 212 cm³/mol. The van der Waals surface area contributed by atoms with Crippen molar-refractivity contribution in [2.75, 3.05) is 0 Å². The number of rotatable bonds is 17. The van der Waals surface area contributed by atoms with E-state index in [0.29, 0.717) is 48.5 Å². The standard InChI is InChI=1S/C40H20F14O10S4/c41-27-25(33(31(45)35(29(27)43)63-19-7-3-1-4-8-19)61-21-11-15-23(16-12-21)65-37(47,48)39(51,52)67(55,56)57)26-28(42)30(44)36(64-20-9-5-2-6-10-20)32(46)34(26)62-22-13-17-24(18-14-22)66-38(49,50)40(53,54)68(58,59)60/h1-18H,(H,55,56,57)(H,58,59,60). The van der Waals surface area contributed by atoms with Crippen molar-refractivity contribution in [3.05, 3.63) is 144 Å². The molecule has 0 aliphatic rings. The molecule has 0 bridgehead atoms. The maximum Gasteiger partial charge on any atom is 0.442 e. The topological polar surface area (TPSA) is 146 Å². The van der Waals surface area contributed by atoms with E-state index < -0.39 is 167 Å². The minimum atomic E-state index is -6.70. The van der Waals surface area contributed by atoms with Crippen molar-refractivity contribution in [2.24, 2.45) is 0 Å². The maximum atomic E-state index is 16.7. The number of halogens is 14. The lowest BCUT2D eigenvalue weighted by atomic mass is 9.99. The van der Waals surface area contributed by atoms with Crippen LogP contribution in [0.4, 0.5) is 61.5 Å². The summed E-state index contributed by atoms with van der Waals surface area (Å²) < 4.78 is 294. The van der Waals surface area contributed by atoms with E-state index in [0.717, 1.165) is 24.3 Å². The fourth-order valence-electron chi connectivity index (χ4n) is 5.37. The first-order valence-corrected chi connectivity index (χ1v) is 22.3. The van der Waals surface area contributed by atoms with Crippen LogP contribution in [-0.4, -0.2) is 47.0 Å². The van der Waals surface area contributed by atoms with Gasteiger partial charge in [0.05, 0.1) is 11.1 Å². The molecule has 2 N–H and O–H groups in total. The van der Waals surface area contributed by atoms with Crippen molar-refractivity contribution in [3.8, 4) is 57.1 Å². The monoisotopic (exact) mass is 1050 g/mol. The molecule has 10 nitrogen and oxygen atoms in total. The van der Waals surface area contributed by atoms with Crippen LogP contribution in [0.2, 0.25) is 0 Å². The molecule has 0 amide bonds. The number of hydrogen-bond acceptors (Lipinski definition) is 10. The van der Waals surface area contributed by atoms with E-state index >= 15 is 26.3 Å². The number of alkyl halides is 8. The van der Waals surface area contributed by atoms with Crippen molar-refractivity contribution in [2.45, 2.75) is 30.8 Å². The molecule has 0 saturated heterocycles. The molecule has 0 atom stereocenters. The van der Waals surface area contributed by atoms with E-state index in [1.54, 1.807) is 0 Å². The Bertz CT molecular complexity index is 2870. The highest BCUT2D eigenvalue weighted by molar-refractivity contribution is 8.01. The predicted octanol–water partition coefficient (Wildman–Crippen LogP) is 13.7. The molecule has 0 spiro atoms. The van der Waals surface area contributed by atoms with Crippen LogP contribution >= 0.6 is 23.5 Å². The number of para-hydroxylation sites is 2. The van der Waals surface area contributed by atoms with Crippen LogP contribution in [0.25, 0.3) is 11.1 Å². The first kappa shape index (κ1) is 51.5. The van der Waals surface area contributed by atoms with Crippen LogP contribution < -0.4 is 18.9 Å². The van der Waals surface area contributed by atoms with Gasteiger partial charge in [-0.2, -0.15) is 69.5 Å². The van der Waals surface area contributed by atoms with Crippen LogP contribution in [0.5, 0.6) is 46.0 Å². The summed E-state index contributed by atoms with van der Waals surface area (Å²) in [4.78, 5) is -1.82. The molecule has 0 heterocycles. The molecule has 0 aromatic heterocycles. The average Bonchev–Trinajstić information content (AvgIpc) is 3.26. The Morgan fingerprint density at radius 2 is 0.632 bits per heavy atom. The first-order chi connectivity index (χ1) is 31.5. The Kier molecular flexibility index (Phi) is 14.3. The van der Waals surface area contributed by atoms with Crippen molar-refractivity contribution in [3.63, 3.8) is 0 Å². The Morgan fingerprint density at radius 1 is 0.368 bits per heavy atom. The summed E-state index contributed by atoms with van der Waals surface area (Å²) in [6.45, 7) is 0. The fourth-order valence-corrected chi connectivity index (χ4v) is 8.23. The van der Waals surface area contributed by atoms with E-state index in [-0.39, 0.29) is 0 Å². The molecule has 362 valence electrons. The third-order valence-electron chi connectivity index (χ3n) is 8.56. The Labute approximate surface area is 380 Å². The molecular formula is C40H20F14O10S4. The van der Waals surface area contributed by atoms with Crippen molar-refractivity contribution in [1.29, 1.82) is 0 Å². The Balaban J connectivity index is 1.54. The summed E-state index contributed by atoms with van der Waals surface area (Å²) >= 11 is -2.26. The zero-order valence-electron chi connectivity index (χ0n) is 32.5. The third kappa shape index (κ3) is 10.1. The summed E-state index contributed by atoms with van der Waals surface area (Å²) in [6, 6.07) is 16.4. The van der Waals surface area contributed by atoms with Gasteiger partial charge in [0.2, 0.25) is 34.8 Å². The molecule has 0 aliphatic heterocycles. The van der Waals surface area contributed by atoms with Gasteiger partial charge in [-0.05, 0) is 96.3 Å². The molecule has 0 saturated carbocycles. The quantitative estimate of drug-likeness (QED) is 0.0388. The lowest BCUT2D eigenvalue weighted by Gasteiger charge is -2.23. The van der Waals surface area contributed by atoms with Crippen LogP contribution in [0.1, 0.15) is 0 Å². The summed E-state index contributed by atoms with van der Waals surface area (Å²) in [7, 11) is -13.4. The fraction of sp³-hybridized carbons (Fsp3) is 0.100. The van der Waals surface area contributed by atoms with Crippen LogP contribution in [0, 0.1) is 34.9 Å². The van der Waals surface area contributed by atoms with Gasteiger partial charge in [-0.3, -0.25) is 9.11 Å². The van der Waals surface area contributed by atoms with E-state index in [1.807, 2.05) is 0 Å². The van der Waals surface area contributed by atoms with Gasteiger partial charge in [0, 0.05) is 9.79 Å². The zero-order chi connectivity index (χ0) is 50.4. The lowest BCUT2D eigenvalue weighted by Crippen LogP contribution is -2.44. The van der Waals surface area contributed by atoms with Crippen LogP contribution in [-0.2, 0) is 20.2 Å². The van der Waals surface area contributed by atoms with E-state index in [1.165, 1.54) is 36.4 Å². The van der Waals surface area contributed by atoms with Crippen molar-refractivity contribution < 1.29 is 106 Å². The van der Waals surface area contributed by atoms with E-state index in [2.05, 4.69) is 0 Å². The molecule has 6 rings (SSSR count). The SMILES string of the molecule is O=S(=O)(O)C(F)(F)C(F)(F)Sc1ccc(Oc2c(F)c(Oc3ccccc3)c(F)c(F)c2-c2c(F)c(F)c(Oc3ccccc3)c(F)c2Oc2ccc(SC(F)(F)C(F)(F)S(=O)(=O)O)cc2)cc1. The average molecular weight is 1050 g/mol. The molecule has 0 aliphatic carbocycles. The Hall–Kier alpha value is -5.94. The second-order valence-electron chi connectivity index (χ2n) is 13.1. The Morgan fingerprint density at radius 3 is 0.912 bits per heavy atom. The van der Waals surface area contributed by atoms with E-state index in [9.17, 15) is 52.0 Å². The highest BCUT2D eigenvalue weighted by Gasteiger charge is 2.67. The zero-order valence-corrected chi connectivity index (χ0v) is 35.7. The molecule has 0 fully saturated rings. The second kappa shape index (κ2) is 18.9. The molecule has 28 heteroatoms. The van der Waals surface area contributed by atoms with Crippen LogP contribution in [0.15, 0.2) is 119 Å². The molecule has 6 aromatic carbocycles. The summed E-state index contributed by atoms with van der Waals surface area (Å²) in [5.74, 6) is -23.2. The van der Waals surface area contributed by atoms with Gasteiger partial charge >= 0.3 is 41.3 Å². The number of hydrogen-bond donors (Lipinski definition) is 2. The second-order valence-corrected chi connectivity index (χ2v) is 18.5. The smallest absolute Gasteiger partial charge is 0.442 e. The highest BCUT2D eigenvalue weighted by atomic mass is 32.2. The summed E-state index contributed by atoms with van der Waals surface area (Å²) in [5.41, 5.74) is -3.79. The largest absolute Gasteiger partial charge is 0.453 e. The maximum absolute atomic E-state index is 16.7. The summed E-state index contributed by atoms with van der Waals surface area (Å²) in [6.07, 6.45) is 0. The van der Waals surface area contributed by atoms with Gasteiger partial charge < -0.3 is 18.9 Å². The lowest BCUT2D eigenvalue weighted by molar-refractivity contribution is -0.0946. The molecule has 0 unspecified atom stereocenters. The number of benzene rings is 6. The van der Waals surface area contributed by atoms with Gasteiger partial charge in [-0.25, -0.2) is 8.78 Å². The highest BCUT2D eigenvalue weighted by Crippen LogP contribution is 2.54. The first-order valence-electron chi connectivity index (χ1n) is 17.7. The molecule has 0 radical (unpaired) electrons. The van der Waals surface area contributed by atoms with Gasteiger partial charge in [-0.15, -0.1) is 0 Å². The van der Waals surface area contributed by atoms with Gasteiger partial charge in [0.25, 0.3) is 0 Å². The minimum Gasteiger partial charge on any atom is -0.453 e. The molecule has 68 heavy (non-hydrogen) atoms. The minimum absolute atomic E-state index is 0.400. The van der Waals surface area contributed by atoms with Gasteiger partial charge in [0.1, 0.15) is 23.0 Å². The molecular weight excluding hydrogens is 1030 g/mol. The van der Waals surface area contributed by atoms with E-state index in [4.69, 9.17) is 28.1 Å². The third-order valence-corrected chi connectivity index (χ3v) is 12.7. The van der Waals surface area contributed by atoms with Gasteiger partial charge in [-0.1, -0.05) is 36.4 Å². The van der Waals surface area contributed by atoms with Crippen LogP contribution in [0.3, 0.4) is 0 Å². The van der Waals surface area contributed by atoms with Crippen molar-refractivity contribution in [1.82, 2.24) is 0 Å².